The quantitative estimate of drug-likeness (QED) is 0.676. The van der Waals surface area contributed by atoms with E-state index in [9.17, 15) is 9.59 Å². The van der Waals surface area contributed by atoms with Gasteiger partial charge in [-0.05, 0) is 37.1 Å². The minimum absolute atomic E-state index is 0.332. The van der Waals surface area contributed by atoms with E-state index in [1.807, 2.05) is 0 Å². The highest BCUT2D eigenvalue weighted by molar-refractivity contribution is 5.93. The van der Waals surface area contributed by atoms with Gasteiger partial charge in [-0.15, -0.1) is 0 Å². The Morgan fingerprint density at radius 2 is 0.864 bits per heavy atom. The first-order valence-electron chi connectivity index (χ1n) is 8.22. The first-order chi connectivity index (χ1) is 10.8. The molecule has 0 amide bonds. The van der Waals surface area contributed by atoms with Crippen LogP contribution in [0.5, 0.6) is 0 Å². The molecular weight excluding hydrogens is 280 g/mol. The van der Waals surface area contributed by atoms with Gasteiger partial charge in [0.2, 0.25) is 0 Å². The number of ether oxygens (including phenoxy) is 2. The Morgan fingerprint density at radius 1 is 0.545 bits per heavy atom. The molecule has 2 heterocycles. The van der Waals surface area contributed by atoms with Crippen LogP contribution in [0.2, 0.25) is 0 Å². The lowest BCUT2D eigenvalue weighted by molar-refractivity contribution is 0.0482. The van der Waals surface area contributed by atoms with Crippen LogP contribution in [-0.4, -0.2) is 25.2 Å². The van der Waals surface area contributed by atoms with Crippen molar-refractivity contribution >= 4 is 11.9 Å². The van der Waals surface area contributed by atoms with Gasteiger partial charge in [0.25, 0.3) is 0 Å². The third-order valence-electron chi connectivity index (χ3n) is 3.86. The number of hydrogen-bond acceptors (Lipinski definition) is 4. The van der Waals surface area contributed by atoms with Crippen LogP contribution in [0.1, 0.15) is 72.1 Å². The second kappa shape index (κ2) is 9.23. The zero-order valence-corrected chi connectivity index (χ0v) is 13.0. The molecule has 2 aliphatic rings. The molecule has 4 nitrogen and oxygen atoms in total. The highest BCUT2D eigenvalue weighted by Gasteiger charge is 2.11. The molecule has 0 spiro atoms. The number of hydrogen-bond donors (Lipinski definition) is 0. The zero-order chi connectivity index (χ0) is 15.6. The van der Waals surface area contributed by atoms with Crippen LogP contribution >= 0.6 is 0 Å². The first kappa shape index (κ1) is 16.5. The molecule has 0 saturated carbocycles. The van der Waals surface area contributed by atoms with E-state index in [1.54, 1.807) is 24.3 Å². The van der Waals surface area contributed by atoms with Gasteiger partial charge in [-0.1, -0.05) is 38.5 Å². The molecule has 0 unspecified atom stereocenters. The molecule has 0 saturated heterocycles. The molecule has 1 aromatic carbocycles. The van der Waals surface area contributed by atoms with Gasteiger partial charge < -0.3 is 9.47 Å². The summed E-state index contributed by atoms with van der Waals surface area (Å²) < 4.78 is 10.5. The molecule has 120 valence electrons. The maximum atomic E-state index is 11.9. The Hall–Kier alpha value is -1.84. The summed E-state index contributed by atoms with van der Waals surface area (Å²) in [4.78, 5) is 23.7. The van der Waals surface area contributed by atoms with E-state index in [-0.39, 0.29) is 11.9 Å². The Labute approximate surface area is 131 Å². The normalized spacial score (nSPS) is 18.9. The minimum Gasteiger partial charge on any atom is -0.462 e. The molecule has 1 aromatic rings. The van der Waals surface area contributed by atoms with Crippen LogP contribution in [-0.2, 0) is 9.47 Å². The molecule has 2 bridgehead atoms. The largest absolute Gasteiger partial charge is 0.462 e. The summed E-state index contributed by atoms with van der Waals surface area (Å²) in [5, 5.41) is 0. The van der Waals surface area contributed by atoms with Crippen molar-refractivity contribution in [3.05, 3.63) is 35.4 Å². The monoisotopic (exact) mass is 304 g/mol. The van der Waals surface area contributed by atoms with Gasteiger partial charge in [-0.25, -0.2) is 9.59 Å². The molecule has 0 aromatic heterocycles. The lowest BCUT2D eigenvalue weighted by Crippen LogP contribution is -2.09. The molecule has 22 heavy (non-hydrogen) atoms. The summed E-state index contributed by atoms with van der Waals surface area (Å²) >= 11 is 0. The van der Waals surface area contributed by atoms with Gasteiger partial charge >= 0.3 is 11.9 Å². The summed E-state index contributed by atoms with van der Waals surface area (Å²) in [5.41, 5.74) is 0.940. The number of rotatable bonds is 0. The standard InChI is InChI=1S/C18H24O4/c19-17-15-9-11-16(12-10-15)18(20)22-14-8-6-4-2-1-3-5-7-13-21-17/h9-12H,1-8,13-14H2. The van der Waals surface area contributed by atoms with Crippen LogP contribution in [0.25, 0.3) is 0 Å². The second-order valence-electron chi connectivity index (χ2n) is 5.68. The van der Waals surface area contributed by atoms with Crippen LogP contribution in [0.4, 0.5) is 0 Å². The predicted molar refractivity (Wildman–Crippen MR) is 83.9 cm³/mol. The van der Waals surface area contributed by atoms with Crippen LogP contribution < -0.4 is 0 Å². The SMILES string of the molecule is O=C1OCCCCCCCCCCOC(=O)c2ccc1cc2. The number of benzene rings is 1. The Balaban J connectivity index is 1.95. The molecular formula is C18H24O4. The van der Waals surface area contributed by atoms with Gasteiger partial charge in [0.1, 0.15) is 0 Å². The van der Waals surface area contributed by atoms with Crippen molar-refractivity contribution < 1.29 is 19.1 Å². The average molecular weight is 304 g/mol. The van der Waals surface area contributed by atoms with Crippen LogP contribution in [0, 0.1) is 0 Å². The lowest BCUT2D eigenvalue weighted by atomic mass is 10.1. The Bertz CT molecular complexity index is 433. The van der Waals surface area contributed by atoms with E-state index in [0.717, 1.165) is 25.7 Å². The van der Waals surface area contributed by atoms with Gasteiger partial charge in [0.15, 0.2) is 0 Å². The second-order valence-corrected chi connectivity index (χ2v) is 5.68. The van der Waals surface area contributed by atoms with Gasteiger partial charge in [-0.3, -0.25) is 0 Å². The number of esters is 2. The van der Waals surface area contributed by atoms with Crippen molar-refractivity contribution in [3.63, 3.8) is 0 Å². The molecule has 0 aliphatic carbocycles. The van der Waals surface area contributed by atoms with E-state index in [1.165, 1.54) is 25.7 Å². The summed E-state index contributed by atoms with van der Waals surface area (Å²) in [6.45, 7) is 0.922. The third-order valence-corrected chi connectivity index (χ3v) is 3.86. The number of carbonyl (C=O) groups is 2. The summed E-state index contributed by atoms with van der Waals surface area (Å²) in [6, 6.07) is 6.45. The van der Waals surface area contributed by atoms with E-state index >= 15 is 0 Å². The van der Waals surface area contributed by atoms with E-state index in [0.29, 0.717) is 24.3 Å². The third kappa shape index (κ3) is 5.51. The highest BCUT2D eigenvalue weighted by Crippen LogP contribution is 2.12. The van der Waals surface area contributed by atoms with E-state index in [4.69, 9.17) is 9.47 Å². The lowest BCUT2D eigenvalue weighted by Gasteiger charge is -2.08. The summed E-state index contributed by atoms with van der Waals surface area (Å²) in [5.74, 6) is -0.665. The average Bonchev–Trinajstić information content (AvgIpc) is 2.55. The fourth-order valence-electron chi connectivity index (χ4n) is 2.50. The van der Waals surface area contributed by atoms with E-state index < -0.39 is 0 Å². The number of fused-ring (bicyclic) bond motifs is 15. The first-order valence-corrected chi connectivity index (χ1v) is 8.22. The van der Waals surface area contributed by atoms with Gasteiger partial charge in [0, 0.05) is 0 Å². The Morgan fingerprint density at radius 3 is 1.23 bits per heavy atom. The zero-order valence-electron chi connectivity index (χ0n) is 13.0. The molecule has 0 N–H and O–H groups in total. The smallest absolute Gasteiger partial charge is 0.338 e. The summed E-state index contributed by atoms with van der Waals surface area (Å²) in [6.07, 6.45) is 8.82. The predicted octanol–water partition coefficient (Wildman–Crippen LogP) is 4.13. The highest BCUT2D eigenvalue weighted by atomic mass is 16.5. The number of carbonyl (C=O) groups excluding carboxylic acids is 2. The van der Waals surface area contributed by atoms with Crippen molar-refractivity contribution in [1.82, 2.24) is 0 Å². The van der Waals surface area contributed by atoms with E-state index in [2.05, 4.69) is 0 Å². The van der Waals surface area contributed by atoms with Crippen LogP contribution in [0.15, 0.2) is 24.3 Å². The van der Waals surface area contributed by atoms with Crippen molar-refractivity contribution in [3.8, 4) is 0 Å². The van der Waals surface area contributed by atoms with Gasteiger partial charge in [0.05, 0.1) is 24.3 Å². The molecule has 2 aliphatic heterocycles. The van der Waals surface area contributed by atoms with Gasteiger partial charge in [-0.2, -0.15) is 0 Å². The van der Waals surface area contributed by atoms with Crippen molar-refractivity contribution in [2.75, 3.05) is 13.2 Å². The molecule has 0 atom stereocenters. The molecule has 0 fully saturated rings. The molecule has 3 rings (SSSR count). The van der Waals surface area contributed by atoms with Crippen molar-refractivity contribution in [1.29, 1.82) is 0 Å². The fraction of sp³-hybridized carbons (Fsp3) is 0.556. The molecule has 4 heteroatoms. The molecule has 0 radical (unpaired) electrons. The van der Waals surface area contributed by atoms with Crippen molar-refractivity contribution in [2.45, 2.75) is 51.4 Å². The topological polar surface area (TPSA) is 52.6 Å². The fourth-order valence-corrected chi connectivity index (χ4v) is 2.50. The summed E-state index contributed by atoms with van der Waals surface area (Å²) in [7, 11) is 0. The Kier molecular flexibility index (Phi) is 6.94. The maximum absolute atomic E-state index is 11.9. The van der Waals surface area contributed by atoms with Crippen molar-refractivity contribution in [2.24, 2.45) is 0 Å². The maximum Gasteiger partial charge on any atom is 0.338 e. The minimum atomic E-state index is -0.332. The van der Waals surface area contributed by atoms with Crippen LogP contribution in [0.3, 0.4) is 0 Å².